The smallest absolute Gasteiger partial charge is 0.0383 e. The molecule has 4 fully saturated rings. The quantitative estimate of drug-likeness (QED) is 0.480. The van der Waals surface area contributed by atoms with Gasteiger partial charge in [0.05, 0.1) is 0 Å². The van der Waals surface area contributed by atoms with E-state index in [-0.39, 0.29) is 0 Å². The Morgan fingerprint density at radius 3 is 1.09 bits per heavy atom. The summed E-state index contributed by atoms with van der Waals surface area (Å²) in [7, 11) is 0. The van der Waals surface area contributed by atoms with Crippen molar-refractivity contribution in [2.75, 3.05) is 0 Å². The fourth-order valence-electron chi connectivity index (χ4n) is 7.05. The summed E-state index contributed by atoms with van der Waals surface area (Å²) in [5, 5.41) is 0. The molecule has 0 aromatic heterocycles. The van der Waals surface area contributed by atoms with Crippen molar-refractivity contribution in [2.24, 2.45) is 35.5 Å². The lowest BCUT2D eigenvalue weighted by atomic mass is 9.82. The largest absolute Gasteiger partial charge is 0.0530 e. The topological polar surface area (TPSA) is 0 Å². The molecule has 22 heavy (non-hydrogen) atoms. The summed E-state index contributed by atoms with van der Waals surface area (Å²) in [5.41, 5.74) is 0. The van der Waals surface area contributed by atoms with E-state index < -0.39 is 0 Å². The van der Waals surface area contributed by atoms with Gasteiger partial charge in [0.2, 0.25) is 0 Å². The number of rotatable bonds is 5. The second-order valence-electron chi connectivity index (χ2n) is 9.57. The SMILES string of the molecule is C(CCC1CC2CCCCC2C1)CC1CC2CCCCC2C1. The zero-order chi connectivity index (χ0) is 14.8. The van der Waals surface area contributed by atoms with Gasteiger partial charge in [-0.05, 0) is 61.2 Å². The molecular formula is C22H38. The average Bonchev–Trinajstić information content (AvgIpc) is 3.14. The van der Waals surface area contributed by atoms with Crippen LogP contribution in [-0.2, 0) is 0 Å². The lowest BCUT2D eigenvalue weighted by Crippen LogP contribution is -2.12. The second kappa shape index (κ2) is 7.27. The minimum Gasteiger partial charge on any atom is -0.0530 e. The van der Waals surface area contributed by atoms with E-state index >= 15 is 0 Å². The van der Waals surface area contributed by atoms with E-state index in [0.29, 0.717) is 0 Å². The van der Waals surface area contributed by atoms with Gasteiger partial charge in [0, 0.05) is 0 Å². The molecule has 126 valence electrons. The monoisotopic (exact) mass is 302 g/mol. The Morgan fingerprint density at radius 2 is 0.773 bits per heavy atom. The van der Waals surface area contributed by atoms with Crippen molar-refractivity contribution < 1.29 is 0 Å². The van der Waals surface area contributed by atoms with Gasteiger partial charge in [-0.1, -0.05) is 77.0 Å². The highest BCUT2D eigenvalue weighted by molar-refractivity contribution is 4.87. The van der Waals surface area contributed by atoms with Crippen LogP contribution in [0.1, 0.15) is 103 Å². The first-order chi connectivity index (χ1) is 10.9. The number of unbranched alkanes of at least 4 members (excludes halogenated alkanes) is 1. The van der Waals surface area contributed by atoms with Crippen LogP contribution in [0.15, 0.2) is 0 Å². The molecule has 0 radical (unpaired) electrons. The van der Waals surface area contributed by atoms with Gasteiger partial charge in [0.1, 0.15) is 0 Å². The molecule has 4 rings (SSSR count). The highest BCUT2D eigenvalue weighted by Gasteiger charge is 2.36. The van der Waals surface area contributed by atoms with Crippen LogP contribution in [0, 0.1) is 35.5 Å². The normalized spacial score (nSPS) is 44.7. The molecule has 4 atom stereocenters. The van der Waals surface area contributed by atoms with Gasteiger partial charge in [-0.3, -0.25) is 0 Å². The van der Waals surface area contributed by atoms with Crippen LogP contribution in [0.25, 0.3) is 0 Å². The standard InChI is InChI=1S/C22H38/c1(7-17-13-19-9-3-4-10-20(19)14-17)2-8-18-15-21-11-5-6-12-22(21)16-18/h17-22H,1-16H2. The average molecular weight is 303 g/mol. The molecule has 0 nitrogen and oxygen atoms in total. The van der Waals surface area contributed by atoms with Crippen LogP contribution in [0.2, 0.25) is 0 Å². The summed E-state index contributed by atoms with van der Waals surface area (Å²) in [4.78, 5) is 0. The van der Waals surface area contributed by atoms with Gasteiger partial charge in [0.15, 0.2) is 0 Å². The Balaban J connectivity index is 1.12. The van der Waals surface area contributed by atoms with Crippen LogP contribution in [0.3, 0.4) is 0 Å². The van der Waals surface area contributed by atoms with Gasteiger partial charge in [-0.15, -0.1) is 0 Å². The zero-order valence-corrected chi connectivity index (χ0v) is 14.8. The Morgan fingerprint density at radius 1 is 0.455 bits per heavy atom. The molecule has 0 aromatic carbocycles. The molecule has 0 aliphatic heterocycles. The molecule has 0 saturated heterocycles. The summed E-state index contributed by atoms with van der Waals surface area (Å²) in [5.74, 6) is 6.85. The minimum absolute atomic E-state index is 1.12. The Bertz CT molecular complexity index is 284. The highest BCUT2D eigenvalue weighted by Crippen LogP contribution is 2.48. The third kappa shape index (κ3) is 3.57. The zero-order valence-electron chi connectivity index (χ0n) is 14.8. The molecule has 0 spiro atoms. The third-order valence-corrected chi connectivity index (χ3v) is 8.15. The van der Waals surface area contributed by atoms with Crippen LogP contribution in [0.4, 0.5) is 0 Å². The highest BCUT2D eigenvalue weighted by atomic mass is 14.4. The molecule has 0 aromatic rings. The maximum Gasteiger partial charge on any atom is -0.0383 e. The van der Waals surface area contributed by atoms with Crippen LogP contribution < -0.4 is 0 Å². The van der Waals surface area contributed by atoms with E-state index in [0.717, 1.165) is 35.5 Å². The van der Waals surface area contributed by atoms with Crippen molar-refractivity contribution in [1.29, 1.82) is 0 Å². The fourth-order valence-corrected chi connectivity index (χ4v) is 7.05. The number of hydrogen-bond acceptors (Lipinski definition) is 0. The summed E-state index contributed by atoms with van der Waals surface area (Å²) >= 11 is 0. The van der Waals surface area contributed by atoms with Crippen molar-refractivity contribution >= 4 is 0 Å². The first-order valence-corrected chi connectivity index (χ1v) is 10.9. The lowest BCUT2D eigenvalue weighted by molar-refractivity contribution is 0.277. The predicted molar refractivity (Wildman–Crippen MR) is 94.8 cm³/mol. The number of fused-ring (bicyclic) bond motifs is 2. The first kappa shape index (κ1) is 15.5. The van der Waals surface area contributed by atoms with Crippen LogP contribution in [-0.4, -0.2) is 0 Å². The van der Waals surface area contributed by atoms with Crippen LogP contribution >= 0.6 is 0 Å². The molecule has 4 aliphatic rings. The summed E-state index contributed by atoms with van der Waals surface area (Å²) in [6.07, 6.45) is 25.2. The Labute approximate surface area is 138 Å². The van der Waals surface area contributed by atoms with E-state index in [2.05, 4.69) is 0 Å². The Kier molecular flexibility index (Phi) is 5.13. The van der Waals surface area contributed by atoms with Gasteiger partial charge in [0.25, 0.3) is 0 Å². The minimum atomic E-state index is 1.12. The van der Waals surface area contributed by atoms with Crippen molar-refractivity contribution in [3.8, 4) is 0 Å². The van der Waals surface area contributed by atoms with E-state index in [4.69, 9.17) is 0 Å². The maximum absolute atomic E-state index is 1.61. The van der Waals surface area contributed by atoms with E-state index in [1.807, 2.05) is 0 Å². The van der Waals surface area contributed by atoms with Crippen molar-refractivity contribution in [1.82, 2.24) is 0 Å². The molecular weight excluding hydrogens is 264 g/mol. The lowest BCUT2D eigenvalue weighted by Gasteiger charge is -2.24. The van der Waals surface area contributed by atoms with E-state index in [1.165, 1.54) is 25.7 Å². The van der Waals surface area contributed by atoms with Crippen LogP contribution in [0.5, 0.6) is 0 Å². The third-order valence-electron chi connectivity index (χ3n) is 8.15. The van der Waals surface area contributed by atoms with E-state index in [9.17, 15) is 0 Å². The molecule has 0 amide bonds. The first-order valence-electron chi connectivity index (χ1n) is 10.9. The van der Waals surface area contributed by atoms with Crippen molar-refractivity contribution in [2.45, 2.75) is 103 Å². The van der Waals surface area contributed by atoms with Gasteiger partial charge in [-0.2, -0.15) is 0 Å². The Hall–Kier alpha value is 0. The molecule has 4 saturated carbocycles. The van der Waals surface area contributed by atoms with Gasteiger partial charge in [-0.25, -0.2) is 0 Å². The van der Waals surface area contributed by atoms with E-state index in [1.54, 1.807) is 77.0 Å². The predicted octanol–water partition coefficient (Wildman–Crippen LogP) is 6.98. The van der Waals surface area contributed by atoms with Gasteiger partial charge >= 0.3 is 0 Å². The summed E-state index contributed by atoms with van der Waals surface area (Å²) < 4.78 is 0. The van der Waals surface area contributed by atoms with Gasteiger partial charge < -0.3 is 0 Å². The molecule has 0 heteroatoms. The van der Waals surface area contributed by atoms with Crippen molar-refractivity contribution in [3.05, 3.63) is 0 Å². The summed E-state index contributed by atoms with van der Waals surface area (Å²) in [6, 6.07) is 0. The van der Waals surface area contributed by atoms with Crippen molar-refractivity contribution in [3.63, 3.8) is 0 Å². The molecule has 4 aliphatic carbocycles. The molecule has 0 N–H and O–H groups in total. The number of hydrogen-bond donors (Lipinski definition) is 0. The maximum atomic E-state index is 1.61. The molecule has 0 bridgehead atoms. The second-order valence-corrected chi connectivity index (χ2v) is 9.57. The molecule has 0 heterocycles. The molecule has 4 unspecified atom stereocenters. The fraction of sp³-hybridized carbons (Fsp3) is 1.00. The summed E-state index contributed by atoms with van der Waals surface area (Å²) in [6.45, 7) is 0.